The number of pyridine rings is 1. The van der Waals surface area contributed by atoms with Gasteiger partial charge in [0.1, 0.15) is 5.56 Å². The van der Waals surface area contributed by atoms with E-state index in [2.05, 4.69) is 9.88 Å². The summed E-state index contributed by atoms with van der Waals surface area (Å²) in [6.07, 6.45) is 6.61. The van der Waals surface area contributed by atoms with Gasteiger partial charge in [-0.1, -0.05) is 42.7 Å². The van der Waals surface area contributed by atoms with Crippen LogP contribution in [-0.2, 0) is 0 Å². The molecular weight excluding hydrogens is 364 g/mol. The molecule has 2 aliphatic rings. The highest BCUT2D eigenvalue weighted by Crippen LogP contribution is 2.40. The molecule has 0 spiro atoms. The number of anilines is 1. The van der Waals surface area contributed by atoms with Gasteiger partial charge in [0, 0.05) is 24.7 Å². The lowest BCUT2D eigenvalue weighted by atomic mass is 9.98. The van der Waals surface area contributed by atoms with E-state index in [-0.39, 0.29) is 12.6 Å². The van der Waals surface area contributed by atoms with Crippen molar-refractivity contribution in [1.82, 2.24) is 0 Å². The monoisotopic (exact) mass is 389 g/mol. The maximum Gasteiger partial charge on any atom is 0.231 e. The van der Waals surface area contributed by atoms with Gasteiger partial charge >= 0.3 is 0 Å². The number of rotatable bonds is 3. The molecule has 5 heteroatoms. The Morgan fingerprint density at radius 2 is 1.66 bits per heavy atom. The fourth-order valence-electron chi connectivity index (χ4n) is 4.29. The van der Waals surface area contributed by atoms with Crippen molar-refractivity contribution in [2.24, 2.45) is 0 Å². The lowest BCUT2D eigenvalue weighted by Gasteiger charge is -2.25. The highest BCUT2D eigenvalue weighted by atomic mass is 16.7. The quantitative estimate of drug-likeness (QED) is 0.627. The normalized spacial score (nSPS) is 16.1. The number of carbonyl (C=O) groups is 1. The van der Waals surface area contributed by atoms with Gasteiger partial charge in [-0.05, 0) is 19.8 Å². The Morgan fingerprint density at radius 3 is 2.38 bits per heavy atom. The SMILES string of the molecule is Cc1ccc(C(=O)c2c[nH+]c3cc4c(cc3c2N2CCCCCC2)OCO4)cc1. The number of hydrogen-bond acceptors (Lipinski definition) is 4. The standard InChI is InChI=1S/C24H24N2O3/c1-16-6-8-17(9-7-16)24(27)19-14-25-20-13-22-21(28-15-29-22)12-18(20)23(19)26-10-4-2-3-5-11-26/h6-9,12-14H,2-5,10-11,15H2,1H3/p+1. The maximum atomic E-state index is 13.5. The zero-order valence-electron chi connectivity index (χ0n) is 16.7. The molecule has 1 fully saturated rings. The third-order valence-corrected chi connectivity index (χ3v) is 5.88. The molecule has 0 bridgehead atoms. The first-order chi connectivity index (χ1) is 14.2. The van der Waals surface area contributed by atoms with Crippen LogP contribution in [0.5, 0.6) is 11.5 Å². The van der Waals surface area contributed by atoms with Crippen LogP contribution in [0.25, 0.3) is 10.9 Å². The van der Waals surface area contributed by atoms with Crippen molar-refractivity contribution in [1.29, 1.82) is 0 Å². The van der Waals surface area contributed by atoms with Gasteiger partial charge in [0.05, 0.1) is 17.1 Å². The lowest BCUT2D eigenvalue weighted by molar-refractivity contribution is -0.344. The summed E-state index contributed by atoms with van der Waals surface area (Å²) in [5.74, 6) is 1.52. The summed E-state index contributed by atoms with van der Waals surface area (Å²) in [6, 6.07) is 11.8. The van der Waals surface area contributed by atoms with Crippen LogP contribution >= 0.6 is 0 Å². The molecule has 0 atom stereocenters. The molecule has 3 aromatic rings. The number of ether oxygens (including phenoxy) is 2. The van der Waals surface area contributed by atoms with E-state index >= 15 is 0 Å². The molecule has 5 rings (SSSR count). The van der Waals surface area contributed by atoms with Crippen LogP contribution in [0.15, 0.2) is 42.6 Å². The Morgan fingerprint density at radius 1 is 0.966 bits per heavy atom. The second kappa shape index (κ2) is 7.39. The fourth-order valence-corrected chi connectivity index (χ4v) is 4.29. The number of benzene rings is 2. The Kier molecular flexibility index (Phi) is 4.58. The minimum absolute atomic E-state index is 0.0417. The van der Waals surface area contributed by atoms with Gasteiger partial charge < -0.3 is 14.4 Å². The number of aromatic nitrogens is 1. The van der Waals surface area contributed by atoms with Crippen LogP contribution in [0, 0.1) is 6.92 Å². The van der Waals surface area contributed by atoms with Crippen LogP contribution in [0.3, 0.4) is 0 Å². The molecule has 0 radical (unpaired) electrons. The molecule has 0 amide bonds. The number of fused-ring (bicyclic) bond motifs is 2. The average Bonchev–Trinajstić information content (AvgIpc) is 3.02. The van der Waals surface area contributed by atoms with Crippen molar-refractivity contribution >= 4 is 22.4 Å². The topological polar surface area (TPSA) is 52.9 Å². The zero-order valence-corrected chi connectivity index (χ0v) is 16.7. The molecule has 0 unspecified atom stereocenters. The molecule has 1 N–H and O–H groups in total. The number of ketones is 1. The summed E-state index contributed by atoms with van der Waals surface area (Å²) >= 11 is 0. The molecule has 3 heterocycles. The van der Waals surface area contributed by atoms with E-state index in [0.717, 1.165) is 59.6 Å². The first kappa shape index (κ1) is 18.0. The molecule has 1 saturated heterocycles. The lowest BCUT2D eigenvalue weighted by Crippen LogP contribution is -2.28. The molecular formula is C24H25N2O3+. The van der Waals surface area contributed by atoms with Gasteiger partial charge in [-0.15, -0.1) is 0 Å². The predicted molar refractivity (Wildman–Crippen MR) is 112 cm³/mol. The van der Waals surface area contributed by atoms with Crippen molar-refractivity contribution in [2.75, 3.05) is 24.8 Å². The summed E-state index contributed by atoms with van der Waals surface area (Å²) in [4.78, 5) is 19.2. The van der Waals surface area contributed by atoms with E-state index in [1.54, 1.807) is 0 Å². The zero-order chi connectivity index (χ0) is 19.8. The summed E-state index contributed by atoms with van der Waals surface area (Å²) in [6.45, 7) is 4.19. The van der Waals surface area contributed by atoms with Gasteiger partial charge in [-0.2, -0.15) is 0 Å². The van der Waals surface area contributed by atoms with Crippen LogP contribution < -0.4 is 19.4 Å². The number of H-pyrrole nitrogens is 1. The van der Waals surface area contributed by atoms with Crippen LogP contribution in [-0.4, -0.2) is 25.7 Å². The molecule has 2 aromatic carbocycles. The van der Waals surface area contributed by atoms with Crippen molar-refractivity contribution in [3.8, 4) is 11.5 Å². The van der Waals surface area contributed by atoms with Gasteiger partial charge in [0.15, 0.2) is 17.7 Å². The van der Waals surface area contributed by atoms with Crippen molar-refractivity contribution in [3.05, 3.63) is 59.3 Å². The van der Waals surface area contributed by atoms with Crippen molar-refractivity contribution < 1.29 is 19.3 Å². The Hall–Kier alpha value is -3.08. The van der Waals surface area contributed by atoms with Gasteiger partial charge in [-0.25, -0.2) is 4.98 Å². The maximum absolute atomic E-state index is 13.5. The molecule has 0 saturated carbocycles. The second-order valence-electron chi connectivity index (χ2n) is 7.90. The molecule has 29 heavy (non-hydrogen) atoms. The largest absolute Gasteiger partial charge is 0.454 e. The number of nitrogens with one attached hydrogen (secondary N) is 1. The number of hydrogen-bond donors (Lipinski definition) is 0. The molecule has 2 aliphatic heterocycles. The van der Waals surface area contributed by atoms with E-state index in [9.17, 15) is 4.79 Å². The number of nitrogens with zero attached hydrogens (tertiary/aromatic N) is 1. The number of aryl methyl sites for hydroxylation is 1. The summed E-state index contributed by atoms with van der Waals surface area (Å²) < 4.78 is 11.2. The highest BCUT2D eigenvalue weighted by molar-refractivity contribution is 6.15. The fraction of sp³-hybridized carbons (Fsp3) is 0.333. The molecule has 0 aliphatic carbocycles. The molecule has 1 aromatic heterocycles. The van der Waals surface area contributed by atoms with E-state index in [4.69, 9.17) is 9.47 Å². The third kappa shape index (κ3) is 3.31. The smallest absolute Gasteiger partial charge is 0.231 e. The van der Waals surface area contributed by atoms with Crippen molar-refractivity contribution in [3.63, 3.8) is 0 Å². The Labute approximate surface area is 170 Å². The Bertz CT molecular complexity index is 1070. The number of aromatic amines is 1. The minimum atomic E-state index is 0.0417. The van der Waals surface area contributed by atoms with Crippen LogP contribution in [0.4, 0.5) is 5.69 Å². The molecule has 5 nitrogen and oxygen atoms in total. The number of carbonyl (C=O) groups excluding carboxylic acids is 1. The van der Waals surface area contributed by atoms with Crippen LogP contribution in [0.2, 0.25) is 0 Å². The van der Waals surface area contributed by atoms with E-state index in [0.29, 0.717) is 11.1 Å². The van der Waals surface area contributed by atoms with E-state index < -0.39 is 0 Å². The second-order valence-corrected chi connectivity index (χ2v) is 7.90. The van der Waals surface area contributed by atoms with Crippen LogP contribution in [0.1, 0.15) is 47.2 Å². The Balaban J connectivity index is 1.69. The average molecular weight is 389 g/mol. The van der Waals surface area contributed by atoms with Gasteiger partial charge in [0.2, 0.25) is 18.1 Å². The first-order valence-electron chi connectivity index (χ1n) is 10.3. The summed E-state index contributed by atoms with van der Waals surface area (Å²) in [5.41, 5.74) is 4.52. The summed E-state index contributed by atoms with van der Waals surface area (Å²) in [5, 5.41) is 1.01. The first-order valence-corrected chi connectivity index (χ1v) is 10.3. The highest BCUT2D eigenvalue weighted by Gasteiger charge is 2.27. The summed E-state index contributed by atoms with van der Waals surface area (Å²) in [7, 11) is 0. The minimum Gasteiger partial charge on any atom is -0.454 e. The van der Waals surface area contributed by atoms with E-state index in [1.807, 2.05) is 49.5 Å². The molecule has 148 valence electrons. The van der Waals surface area contributed by atoms with Crippen molar-refractivity contribution in [2.45, 2.75) is 32.6 Å². The predicted octanol–water partition coefficient (Wildman–Crippen LogP) is 4.30. The van der Waals surface area contributed by atoms with Gasteiger partial charge in [-0.3, -0.25) is 4.79 Å². The van der Waals surface area contributed by atoms with E-state index in [1.165, 1.54) is 12.8 Å². The van der Waals surface area contributed by atoms with Gasteiger partial charge in [0.25, 0.3) is 0 Å². The third-order valence-electron chi connectivity index (χ3n) is 5.88.